The van der Waals surface area contributed by atoms with Crippen molar-refractivity contribution in [3.8, 4) is 0 Å². The Hall–Kier alpha value is -2.19. The van der Waals surface area contributed by atoms with Crippen molar-refractivity contribution >= 4 is 32.7 Å². The molecule has 2 aliphatic heterocycles. The van der Waals surface area contributed by atoms with Crippen molar-refractivity contribution in [2.75, 3.05) is 11.5 Å². The normalized spacial score (nSPS) is 24.9. The monoisotopic (exact) mass is 404 g/mol. The van der Waals surface area contributed by atoms with Crippen LogP contribution >= 0.6 is 11.8 Å². The van der Waals surface area contributed by atoms with Crippen molar-refractivity contribution in [3.05, 3.63) is 71.5 Å². The third-order valence-electron chi connectivity index (χ3n) is 4.66. The van der Waals surface area contributed by atoms with Crippen LogP contribution in [0.3, 0.4) is 0 Å². The van der Waals surface area contributed by atoms with Gasteiger partial charge in [-0.05, 0) is 29.8 Å². The highest BCUT2D eigenvalue weighted by Crippen LogP contribution is 2.39. The fourth-order valence-corrected chi connectivity index (χ4v) is 7.29. The van der Waals surface area contributed by atoms with E-state index in [1.165, 1.54) is 23.9 Å². The summed E-state index contributed by atoms with van der Waals surface area (Å²) in [4.78, 5) is 18.6. The Morgan fingerprint density at radius 2 is 1.81 bits per heavy atom. The first-order chi connectivity index (χ1) is 12.9. The Bertz CT molecular complexity index is 991. The predicted octanol–water partition coefficient (Wildman–Crippen LogP) is 2.74. The van der Waals surface area contributed by atoms with E-state index in [1.54, 1.807) is 36.4 Å². The summed E-state index contributed by atoms with van der Waals surface area (Å²) in [5.41, 5.74) is 1.32. The fraction of sp³-hybridized carbons (Fsp3) is 0.263. The summed E-state index contributed by atoms with van der Waals surface area (Å²) in [6, 6.07) is 14.6. The van der Waals surface area contributed by atoms with Crippen LogP contribution in [0.1, 0.15) is 15.9 Å². The molecule has 0 saturated carbocycles. The second kappa shape index (κ2) is 7.09. The number of fused-ring (bicyclic) bond motifs is 1. The molecule has 27 heavy (non-hydrogen) atoms. The molecule has 0 bridgehead atoms. The highest BCUT2D eigenvalue weighted by molar-refractivity contribution is 8.15. The molecule has 0 aliphatic carbocycles. The predicted molar refractivity (Wildman–Crippen MR) is 104 cm³/mol. The quantitative estimate of drug-likeness (QED) is 0.787. The van der Waals surface area contributed by atoms with Gasteiger partial charge in [-0.15, -0.1) is 0 Å². The highest BCUT2D eigenvalue weighted by atomic mass is 32.2. The van der Waals surface area contributed by atoms with E-state index in [2.05, 4.69) is 4.99 Å². The molecule has 2 aromatic carbocycles. The number of amides is 1. The molecule has 0 spiro atoms. The standard InChI is InChI=1S/C19H17FN2O3S2/c20-15-8-6-13(7-9-15)10-22-16-11-27(24,25)12-17(16)26-19(22)21-18(23)14-4-2-1-3-5-14/h1-9,16-17H,10-12H2/t16-,17-/m1/s1. The van der Waals surface area contributed by atoms with Crippen molar-refractivity contribution in [1.82, 2.24) is 4.90 Å². The number of amidine groups is 1. The number of aliphatic imine (C=N–C) groups is 1. The van der Waals surface area contributed by atoms with E-state index < -0.39 is 9.84 Å². The first kappa shape index (κ1) is 18.2. The maximum atomic E-state index is 13.2. The lowest BCUT2D eigenvalue weighted by molar-refractivity contribution is 0.100. The van der Waals surface area contributed by atoms with Crippen LogP contribution in [0.15, 0.2) is 59.6 Å². The minimum atomic E-state index is -3.10. The van der Waals surface area contributed by atoms with Gasteiger partial charge in [0.2, 0.25) is 0 Å². The largest absolute Gasteiger partial charge is 0.342 e. The third kappa shape index (κ3) is 3.91. The second-order valence-electron chi connectivity index (χ2n) is 6.62. The van der Waals surface area contributed by atoms with E-state index in [-0.39, 0.29) is 34.5 Å². The molecule has 2 fully saturated rings. The number of sulfone groups is 1. The highest BCUT2D eigenvalue weighted by Gasteiger charge is 2.48. The Morgan fingerprint density at radius 3 is 2.52 bits per heavy atom. The molecule has 0 unspecified atom stereocenters. The van der Waals surface area contributed by atoms with Crippen LogP contribution in [0, 0.1) is 5.82 Å². The number of benzene rings is 2. The first-order valence-electron chi connectivity index (χ1n) is 8.47. The molecule has 2 heterocycles. The lowest BCUT2D eigenvalue weighted by atomic mass is 10.1. The van der Waals surface area contributed by atoms with Crippen LogP contribution in [-0.4, -0.2) is 47.2 Å². The summed E-state index contributed by atoms with van der Waals surface area (Å²) in [5.74, 6) is -0.556. The number of halogens is 1. The number of carbonyl (C=O) groups is 1. The van der Waals surface area contributed by atoms with Gasteiger partial charge in [0.05, 0.1) is 17.5 Å². The third-order valence-corrected chi connectivity index (χ3v) is 7.91. The minimum Gasteiger partial charge on any atom is -0.342 e. The molecular formula is C19H17FN2O3S2. The van der Waals surface area contributed by atoms with Gasteiger partial charge in [0, 0.05) is 17.4 Å². The average molecular weight is 404 g/mol. The number of hydrogen-bond donors (Lipinski definition) is 0. The number of hydrogen-bond acceptors (Lipinski definition) is 4. The zero-order valence-corrected chi connectivity index (χ0v) is 15.9. The maximum absolute atomic E-state index is 13.2. The van der Waals surface area contributed by atoms with E-state index in [0.29, 0.717) is 17.3 Å². The van der Waals surface area contributed by atoms with Gasteiger partial charge >= 0.3 is 0 Å². The van der Waals surface area contributed by atoms with E-state index in [0.717, 1.165) is 5.56 Å². The minimum absolute atomic E-state index is 0.0460. The molecule has 0 N–H and O–H groups in total. The van der Waals surface area contributed by atoms with E-state index in [9.17, 15) is 17.6 Å². The van der Waals surface area contributed by atoms with Gasteiger partial charge in [0.1, 0.15) is 5.82 Å². The smallest absolute Gasteiger partial charge is 0.279 e. The first-order valence-corrected chi connectivity index (χ1v) is 11.2. The van der Waals surface area contributed by atoms with Crippen LogP contribution in [0.4, 0.5) is 4.39 Å². The van der Waals surface area contributed by atoms with Gasteiger partial charge in [-0.2, -0.15) is 4.99 Å². The molecule has 2 aromatic rings. The van der Waals surface area contributed by atoms with Crippen molar-refractivity contribution < 1.29 is 17.6 Å². The van der Waals surface area contributed by atoms with E-state index >= 15 is 0 Å². The second-order valence-corrected chi connectivity index (χ2v) is 9.98. The lowest BCUT2D eigenvalue weighted by Gasteiger charge is -2.24. The van der Waals surface area contributed by atoms with Crippen molar-refractivity contribution in [2.24, 2.45) is 4.99 Å². The van der Waals surface area contributed by atoms with Crippen molar-refractivity contribution in [1.29, 1.82) is 0 Å². The Labute approximate surface area is 161 Å². The Balaban J connectivity index is 1.64. The van der Waals surface area contributed by atoms with Crippen LogP contribution < -0.4 is 0 Å². The molecule has 4 rings (SSSR count). The molecule has 2 atom stereocenters. The Kier molecular flexibility index (Phi) is 4.77. The number of thioether (sulfide) groups is 1. The summed E-state index contributed by atoms with van der Waals surface area (Å²) in [6.07, 6.45) is 0. The van der Waals surface area contributed by atoms with Crippen LogP contribution in [-0.2, 0) is 16.4 Å². The topological polar surface area (TPSA) is 66.8 Å². The van der Waals surface area contributed by atoms with Gasteiger partial charge in [0.25, 0.3) is 5.91 Å². The maximum Gasteiger partial charge on any atom is 0.279 e. The summed E-state index contributed by atoms with van der Waals surface area (Å²) in [7, 11) is -3.10. The fourth-order valence-electron chi connectivity index (χ4n) is 3.34. The van der Waals surface area contributed by atoms with Gasteiger partial charge < -0.3 is 4.90 Å². The van der Waals surface area contributed by atoms with E-state index in [1.807, 2.05) is 11.0 Å². The molecule has 2 saturated heterocycles. The van der Waals surface area contributed by atoms with Gasteiger partial charge in [-0.25, -0.2) is 12.8 Å². The molecule has 5 nitrogen and oxygen atoms in total. The number of carbonyl (C=O) groups excluding carboxylic acids is 1. The summed E-state index contributed by atoms with van der Waals surface area (Å²) >= 11 is 1.34. The zero-order valence-electron chi connectivity index (χ0n) is 14.3. The van der Waals surface area contributed by atoms with Crippen molar-refractivity contribution in [3.63, 3.8) is 0 Å². The number of nitrogens with zero attached hydrogens (tertiary/aromatic N) is 2. The van der Waals surface area contributed by atoms with Crippen LogP contribution in [0.25, 0.3) is 0 Å². The zero-order chi connectivity index (χ0) is 19.0. The van der Waals surface area contributed by atoms with Crippen molar-refractivity contribution in [2.45, 2.75) is 17.8 Å². The summed E-state index contributed by atoms with van der Waals surface area (Å²) in [5, 5.41) is 0.385. The SMILES string of the molecule is O=C(N=C1S[C@@H]2CS(=O)(=O)C[C@H]2N1Cc1ccc(F)cc1)c1ccccc1. The lowest BCUT2D eigenvalue weighted by Crippen LogP contribution is -2.37. The average Bonchev–Trinajstić information content (AvgIpc) is 3.10. The summed E-state index contributed by atoms with van der Waals surface area (Å²) in [6.45, 7) is 0.380. The number of rotatable bonds is 3. The Morgan fingerprint density at radius 1 is 1.11 bits per heavy atom. The van der Waals surface area contributed by atoms with Crippen LogP contribution in [0.2, 0.25) is 0 Å². The van der Waals surface area contributed by atoms with Gasteiger partial charge in [-0.3, -0.25) is 4.79 Å². The summed E-state index contributed by atoms with van der Waals surface area (Å²) < 4.78 is 37.3. The molecule has 1 amide bonds. The molecular weight excluding hydrogens is 387 g/mol. The van der Waals surface area contributed by atoms with E-state index in [4.69, 9.17) is 0 Å². The molecule has 0 aromatic heterocycles. The van der Waals surface area contributed by atoms with Crippen LogP contribution in [0.5, 0.6) is 0 Å². The molecule has 0 radical (unpaired) electrons. The molecule has 2 aliphatic rings. The molecule has 8 heteroatoms. The van der Waals surface area contributed by atoms with Gasteiger partial charge in [-0.1, -0.05) is 42.1 Å². The van der Waals surface area contributed by atoms with Gasteiger partial charge in [0.15, 0.2) is 15.0 Å². The molecule has 140 valence electrons.